The van der Waals surface area contributed by atoms with Gasteiger partial charge in [-0.15, -0.1) is 0 Å². The van der Waals surface area contributed by atoms with Crippen LogP contribution in [0, 0.1) is 5.82 Å². The van der Waals surface area contributed by atoms with Gasteiger partial charge >= 0.3 is 0 Å². The Labute approximate surface area is 102 Å². The van der Waals surface area contributed by atoms with E-state index in [4.69, 9.17) is 17.3 Å². The van der Waals surface area contributed by atoms with E-state index in [0.717, 1.165) is 11.7 Å². The van der Waals surface area contributed by atoms with E-state index in [-0.39, 0.29) is 5.69 Å². The zero-order valence-corrected chi connectivity index (χ0v) is 10.5. The SMILES string of the molecule is CCN(C)c1nc2c(Cl)cc(F)c(N)c2s1. The third-order valence-corrected chi connectivity index (χ3v) is 3.89. The second kappa shape index (κ2) is 4.07. The number of aromatic nitrogens is 1. The third kappa shape index (κ3) is 1.70. The number of fused-ring (bicyclic) bond motifs is 1. The Morgan fingerprint density at radius 2 is 2.31 bits per heavy atom. The Hall–Kier alpha value is -1.07. The van der Waals surface area contributed by atoms with E-state index in [1.165, 1.54) is 17.4 Å². The first-order valence-corrected chi connectivity index (χ1v) is 5.99. The van der Waals surface area contributed by atoms with E-state index in [0.29, 0.717) is 15.2 Å². The van der Waals surface area contributed by atoms with Crippen molar-refractivity contribution >= 4 is 44.0 Å². The van der Waals surface area contributed by atoms with Crippen molar-refractivity contribution < 1.29 is 4.39 Å². The molecule has 0 atom stereocenters. The van der Waals surface area contributed by atoms with Gasteiger partial charge in [-0.05, 0) is 13.0 Å². The Balaban J connectivity index is 2.70. The molecule has 0 radical (unpaired) electrons. The van der Waals surface area contributed by atoms with Crippen molar-refractivity contribution in [2.45, 2.75) is 6.92 Å². The molecular formula is C10H11ClFN3S. The molecule has 0 amide bonds. The van der Waals surface area contributed by atoms with Gasteiger partial charge in [0, 0.05) is 13.6 Å². The normalized spacial score (nSPS) is 11.0. The number of hydrogen-bond acceptors (Lipinski definition) is 4. The minimum atomic E-state index is -0.494. The Bertz CT molecular complexity index is 540. The molecular weight excluding hydrogens is 249 g/mol. The Morgan fingerprint density at radius 3 is 2.94 bits per heavy atom. The molecule has 0 saturated heterocycles. The number of nitrogen functional groups attached to an aromatic ring is 1. The van der Waals surface area contributed by atoms with Crippen molar-refractivity contribution in [3.8, 4) is 0 Å². The van der Waals surface area contributed by atoms with Crippen molar-refractivity contribution in [1.82, 2.24) is 4.98 Å². The van der Waals surface area contributed by atoms with Gasteiger partial charge in [-0.2, -0.15) is 0 Å². The lowest BCUT2D eigenvalue weighted by Crippen LogP contribution is -2.14. The monoisotopic (exact) mass is 259 g/mol. The number of nitrogens with two attached hydrogens (primary N) is 1. The van der Waals surface area contributed by atoms with Gasteiger partial charge in [0.05, 0.1) is 15.4 Å². The maximum atomic E-state index is 13.4. The molecule has 1 aromatic carbocycles. The molecule has 1 aromatic heterocycles. The van der Waals surface area contributed by atoms with Gasteiger partial charge in [-0.25, -0.2) is 9.37 Å². The lowest BCUT2D eigenvalue weighted by atomic mass is 10.3. The Morgan fingerprint density at radius 1 is 1.62 bits per heavy atom. The number of benzene rings is 1. The van der Waals surface area contributed by atoms with Crippen LogP contribution in [0.25, 0.3) is 10.2 Å². The highest BCUT2D eigenvalue weighted by molar-refractivity contribution is 7.22. The number of halogens is 2. The van der Waals surface area contributed by atoms with E-state index >= 15 is 0 Å². The van der Waals surface area contributed by atoms with Crippen LogP contribution in [0.5, 0.6) is 0 Å². The summed E-state index contributed by atoms with van der Waals surface area (Å²) in [6.07, 6.45) is 0. The molecule has 0 spiro atoms. The fourth-order valence-electron chi connectivity index (χ4n) is 1.32. The molecule has 0 unspecified atom stereocenters. The molecule has 0 bridgehead atoms. The highest BCUT2D eigenvalue weighted by Crippen LogP contribution is 2.37. The lowest BCUT2D eigenvalue weighted by molar-refractivity contribution is 0.634. The summed E-state index contributed by atoms with van der Waals surface area (Å²) in [5.74, 6) is -0.494. The van der Waals surface area contributed by atoms with E-state index in [2.05, 4.69) is 4.98 Å². The second-order valence-corrected chi connectivity index (χ2v) is 4.83. The van der Waals surface area contributed by atoms with Crippen LogP contribution in [-0.2, 0) is 0 Å². The number of nitrogens with zero attached hydrogens (tertiary/aromatic N) is 2. The van der Waals surface area contributed by atoms with Crippen LogP contribution >= 0.6 is 22.9 Å². The molecule has 0 aliphatic carbocycles. The largest absolute Gasteiger partial charge is 0.395 e. The topological polar surface area (TPSA) is 42.2 Å². The van der Waals surface area contributed by atoms with Crippen molar-refractivity contribution in [2.24, 2.45) is 0 Å². The zero-order valence-electron chi connectivity index (χ0n) is 8.92. The summed E-state index contributed by atoms with van der Waals surface area (Å²) in [6.45, 7) is 2.83. The van der Waals surface area contributed by atoms with E-state index in [1.807, 2.05) is 18.9 Å². The van der Waals surface area contributed by atoms with Crippen LogP contribution in [0.2, 0.25) is 5.02 Å². The number of thiazole rings is 1. The fourth-order valence-corrected chi connectivity index (χ4v) is 2.67. The summed E-state index contributed by atoms with van der Waals surface area (Å²) in [5.41, 5.74) is 6.35. The van der Waals surface area contributed by atoms with Gasteiger partial charge in [0.2, 0.25) is 0 Å². The van der Waals surface area contributed by atoms with Gasteiger partial charge in [-0.3, -0.25) is 0 Å². The maximum Gasteiger partial charge on any atom is 0.186 e. The average molecular weight is 260 g/mol. The average Bonchev–Trinajstić information content (AvgIpc) is 2.70. The van der Waals surface area contributed by atoms with Crippen LogP contribution in [0.1, 0.15) is 6.92 Å². The predicted octanol–water partition coefficient (Wildman–Crippen LogP) is 3.13. The fraction of sp³-hybridized carbons (Fsp3) is 0.300. The molecule has 0 fully saturated rings. The van der Waals surface area contributed by atoms with Crippen LogP contribution in [0.4, 0.5) is 15.2 Å². The molecule has 86 valence electrons. The highest BCUT2D eigenvalue weighted by Gasteiger charge is 2.15. The highest BCUT2D eigenvalue weighted by atomic mass is 35.5. The van der Waals surface area contributed by atoms with Gasteiger partial charge in [0.1, 0.15) is 11.3 Å². The molecule has 6 heteroatoms. The molecule has 0 saturated carbocycles. The number of anilines is 2. The smallest absolute Gasteiger partial charge is 0.186 e. The molecule has 2 aromatic rings. The van der Waals surface area contributed by atoms with Crippen molar-refractivity contribution in [3.63, 3.8) is 0 Å². The van der Waals surface area contributed by atoms with Gasteiger partial charge in [0.25, 0.3) is 0 Å². The van der Waals surface area contributed by atoms with Gasteiger partial charge < -0.3 is 10.6 Å². The summed E-state index contributed by atoms with van der Waals surface area (Å²) in [6, 6.07) is 1.20. The van der Waals surface area contributed by atoms with Gasteiger partial charge in [0.15, 0.2) is 5.13 Å². The maximum absolute atomic E-state index is 13.4. The predicted molar refractivity (Wildman–Crippen MR) is 67.9 cm³/mol. The lowest BCUT2D eigenvalue weighted by Gasteiger charge is -2.10. The third-order valence-electron chi connectivity index (χ3n) is 2.40. The second-order valence-electron chi connectivity index (χ2n) is 3.44. The summed E-state index contributed by atoms with van der Waals surface area (Å²) in [7, 11) is 1.91. The van der Waals surface area contributed by atoms with Crippen LogP contribution in [0.15, 0.2) is 6.07 Å². The van der Waals surface area contributed by atoms with Crippen LogP contribution < -0.4 is 10.6 Å². The first kappa shape index (κ1) is 11.4. The molecule has 0 aliphatic heterocycles. The number of rotatable bonds is 2. The Kier molecular flexibility index (Phi) is 2.90. The van der Waals surface area contributed by atoms with Crippen molar-refractivity contribution in [3.05, 3.63) is 16.9 Å². The van der Waals surface area contributed by atoms with E-state index in [9.17, 15) is 4.39 Å². The van der Waals surface area contributed by atoms with Crippen molar-refractivity contribution in [2.75, 3.05) is 24.2 Å². The van der Waals surface area contributed by atoms with Crippen LogP contribution in [0.3, 0.4) is 0 Å². The summed E-state index contributed by atoms with van der Waals surface area (Å²) < 4.78 is 14.0. The molecule has 0 aliphatic rings. The summed E-state index contributed by atoms with van der Waals surface area (Å²) >= 11 is 7.28. The summed E-state index contributed by atoms with van der Waals surface area (Å²) in [4.78, 5) is 6.31. The quantitative estimate of drug-likeness (QED) is 0.843. The van der Waals surface area contributed by atoms with Crippen molar-refractivity contribution in [1.29, 1.82) is 0 Å². The van der Waals surface area contributed by atoms with Crippen LogP contribution in [-0.4, -0.2) is 18.6 Å². The van der Waals surface area contributed by atoms with E-state index < -0.39 is 5.82 Å². The standard InChI is InChI=1S/C10H11ClFN3S/c1-3-15(2)10-14-8-5(11)4-6(12)7(13)9(8)16-10/h4H,3,13H2,1-2H3. The summed E-state index contributed by atoms with van der Waals surface area (Å²) in [5, 5.41) is 1.09. The molecule has 16 heavy (non-hydrogen) atoms. The zero-order chi connectivity index (χ0) is 11.9. The molecule has 2 N–H and O–H groups in total. The van der Waals surface area contributed by atoms with E-state index in [1.54, 1.807) is 0 Å². The first-order valence-electron chi connectivity index (χ1n) is 4.79. The molecule has 1 heterocycles. The van der Waals surface area contributed by atoms with Gasteiger partial charge in [-0.1, -0.05) is 22.9 Å². The minimum Gasteiger partial charge on any atom is -0.395 e. The molecule has 3 nitrogen and oxygen atoms in total. The minimum absolute atomic E-state index is 0.118. The number of hydrogen-bond donors (Lipinski definition) is 1. The first-order chi connectivity index (χ1) is 7.54. The molecule has 2 rings (SSSR count).